The van der Waals surface area contributed by atoms with Gasteiger partial charge in [-0.1, -0.05) is 24.3 Å². The second-order valence-electron chi connectivity index (χ2n) is 5.93. The number of benzene rings is 1. The lowest BCUT2D eigenvalue weighted by Gasteiger charge is -2.08. The van der Waals surface area contributed by atoms with E-state index < -0.39 is 0 Å². The standard InChI is InChI=1S/C21H16N4O2/c26-13-18-5-4-17(11-22-18)16-3-1-2-15(10-16)14-27-19-6-7-20(23-12-19)21-8-9-24-25-21/h1-13H,14H2,(H,24,25). The van der Waals surface area contributed by atoms with Gasteiger partial charge in [0.1, 0.15) is 18.1 Å². The molecule has 4 rings (SSSR count). The normalized spacial score (nSPS) is 10.5. The summed E-state index contributed by atoms with van der Waals surface area (Å²) in [6.45, 7) is 0.429. The van der Waals surface area contributed by atoms with E-state index in [2.05, 4.69) is 20.2 Å². The third kappa shape index (κ3) is 3.90. The van der Waals surface area contributed by atoms with Crippen molar-refractivity contribution < 1.29 is 9.53 Å². The number of hydrogen-bond donors (Lipinski definition) is 1. The molecule has 0 fully saturated rings. The van der Waals surface area contributed by atoms with Gasteiger partial charge in [-0.25, -0.2) is 0 Å². The molecule has 1 aromatic carbocycles. The average Bonchev–Trinajstić information content (AvgIpc) is 3.28. The van der Waals surface area contributed by atoms with E-state index in [4.69, 9.17) is 4.74 Å². The number of rotatable bonds is 6. The fourth-order valence-corrected chi connectivity index (χ4v) is 2.68. The van der Waals surface area contributed by atoms with Gasteiger partial charge in [0.2, 0.25) is 0 Å². The molecule has 0 aliphatic heterocycles. The highest BCUT2D eigenvalue weighted by Gasteiger charge is 2.04. The molecule has 6 nitrogen and oxygen atoms in total. The average molecular weight is 356 g/mol. The summed E-state index contributed by atoms with van der Waals surface area (Å²) >= 11 is 0. The molecule has 0 radical (unpaired) electrons. The zero-order valence-electron chi connectivity index (χ0n) is 14.4. The van der Waals surface area contributed by atoms with Crippen molar-refractivity contribution in [2.45, 2.75) is 6.61 Å². The molecule has 27 heavy (non-hydrogen) atoms. The van der Waals surface area contributed by atoms with Crippen molar-refractivity contribution in [3.63, 3.8) is 0 Å². The van der Waals surface area contributed by atoms with Crippen LogP contribution in [0.2, 0.25) is 0 Å². The number of H-pyrrole nitrogens is 1. The first-order chi connectivity index (χ1) is 13.3. The van der Waals surface area contributed by atoms with E-state index in [0.717, 1.165) is 34.4 Å². The van der Waals surface area contributed by atoms with Crippen LogP contribution in [0, 0.1) is 0 Å². The lowest BCUT2D eigenvalue weighted by Crippen LogP contribution is -1.97. The predicted octanol–water partition coefficient (Wildman–Crippen LogP) is 3.93. The maximum atomic E-state index is 10.7. The summed E-state index contributed by atoms with van der Waals surface area (Å²) in [5, 5.41) is 6.80. The smallest absolute Gasteiger partial charge is 0.168 e. The first-order valence-electron chi connectivity index (χ1n) is 8.41. The zero-order valence-corrected chi connectivity index (χ0v) is 14.4. The quantitative estimate of drug-likeness (QED) is 0.530. The number of carbonyl (C=O) groups excluding carboxylic acids is 1. The predicted molar refractivity (Wildman–Crippen MR) is 101 cm³/mol. The minimum absolute atomic E-state index is 0.421. The van der Waals surface area contributed by atoms with Gasteiger partial charge in [0, 0.05) is 18.0 Å². The molecule has 0 bridgehead atoms. The Labute approximate surface area is 155 Å². The van der Waals surface area contributed by atoms with Crippen LogP contribution < -0.4 is 4.74 Å². The minimum Gasteiger partial charge on any atom is -0.487 e. The summed E-state index contributed by atoms with van der Waals surface area (Å²) < 4.78 is 5.84. The van der Waals surface area contributed by atoms with E-state index in [1.165, 1.54) is 0 Å². The van der Waals surface area contributed by atoms with E-state index in [-0.39, 0.29) is 0 Å². The fourth-order valence-electron chi connectivity index (χ4n) is 2.68. The molecule has 0 spiro atoms. The number of nitrogens with one attached hydrogen (secondary N) is 1. The van der Waals surface area contributed by atoms with E-state index in [9.17, 15) is 4.79 Å². The number of nitrogens with zero attached hydrogens (tertiary/aromatic N) is 3. The molecule has 6 heteroatoms. The van der Waals surface area contributed by atoms with Crippen molar-refractivity contribution in [3.05, 3.63) is 84.4 Å². The summed E-state index contributed by atoms with van der Waals surface area (Å²) in [6, 6.07) is 17.3. The third-order valence-corrected chi connectivity index (χ3v) is 4.09. The van der Waals surface area contributed by atoms with Crippen molar-refractivity contribution in [3.8, 4) is 28.3 Å². The highest BCUT2D eigenvalue weighted by atomic mass is 16.5. The summed E-state index contributed by atoms with van der Waals surface area (Å²) in [5.74, 6) is 0.695. The van der Waals surface area contributed by atoms with Gasteiger partial charge in [0.05, 0.1) is 17.6 Å². The number of aldehydes is 1. The zero-order chi connectivity index (χ0) is 18.5. The van der Waals surface area contributed by atoms with Gasteiger partial charge in [-0.3, -0.25) is 19.9 Å². The van der Waals surface area contributed by atoms with Gasteiger partial charge in [0.15, 0.2) is 6.29 Å². The Morgan fingerprint density at radius 1 is 0.963 bits per heavy atom. The Balaban J connectivity index is 1.44. The fraction of sp³-hybridized carbons (Fsp3) is 0.0476. The first-order valence-corrected chi connectivity index (χ1v) is 8.41. The Morgan fingerprint density at radius 2 is 1.93 bits per heavy atom. The monoisotopic (exact) mass is 356 g/mol. The third-order valence-electron chi connectivity index (χ3n) is 4.09. The van der Waals surface area contributed by atoms with Gasteiger partial charge < -0.3 is 4.74 Å². The van der Waals surface area contributed by atoms with E-state index >= 15 is 0 Å². The van der Waals surface area contributed by atoms with Crippen LogP contribution in [0.5, 0.6) is 5.75 Å². The lowest BCUT2D eigenvalue weighted by atomic mass is 10.0. The number of pyridine rings is 2. The van der Waals surface area contributed by atoms with Crippen LogP contribution in [0.25, 0.3) is 22.5 Å². The Morgan fingerprint density at radius 3 is 2.63 bits per heavy atom. The van der Waals surface area contributed by atoms with Gasteiger partial charge >= 0.3 is 0 Å². The molecule has 0 unspecified atom stereocenters. The molecule has 0 aliphatic rings. The van der Waals surface area contributed by atoms with Crippen molar-refractivity contribution >= 4 is 6.29 Å². The van der Waals surface area contributed by atoms with Crippen LogP contribution in [0.15, 0.2) is 73.2 Å². The molecule has 0 saturated carbocycles. The van der Waals surface area contributed by atoms with Gasteiger partial charge in [0.25, 0.3) is 0 Å². The van der Waals surface area contributed by atoms with Crippen LogP contribution in [0.3, 0.4) is 0 Å². The van der Waals surface area contributed by atoms with Crippen molar-refractivity contribution in [1.82, 2.24) is 20.2 Å². The van der Waals surface area contributed by atoms with E-state index in [1.54, 1.807) is 24.7 Å². The highest BCUT2D eigenvalue weighted by molar-refractivity contribution is 5.73. The van der Waals surface area contributed by atoms with Gasteiger partial charge in [-0.15, -0.1) is 0 Å². The Bertz CT molecular complexity index is 1030. The maximum Gasteiger partial charge on any atom is 0.168 e. The van der Waals surface area contributed by atoms with E-state index in [1.807, 2.05) is 48.5 Å². The largest absolute Gasteiger partial charge is 0.487 e. The van der Waals surface area contributed by atoms with Crippen molar-refractivity contribution in [2.75, 3.05) is 0 Å². The molecule has 1 N–H and O–H groups in total. The van der Waals surface area contributed by atoms with Crippen molar-refractivity contribution in [2.24, 2.45) is 0 Å². The van der Waals surface area contributed by atoms with E-state index in [0.29, 0.717) is 18.1 Å². The molecule has 0 aliphatic carbocycles. The van der Waals surface area contributed by atoms with Gasteiger partial charge in [-0.2, -0.15) is 5.10 Å². The number of aromatic nitrogens is 4. The molecule has 3 aromatic heterocycles. The summed E-state index contributed by atoms with van der Waals surface area (Å²) in [7, 11) is 0. The van der Waals surface area contributed by atoms with Crippen LogP contribution in [0.4, 0.5) is 0 Å². The highest BCUT2D eigenvalue weighted by Crippen LogP contribution is 2.21. The van der Waals surface area contributed by atoms with Crippen molar-refractivity contribution in [1.29, 1.82) is 0 Å². The number of carbonyl (C=O) groups is 1. The molecular formula is C21H16N4O2. The summed E-state index contributed by atoms with van der Waals surface area (Å²) in [6.07, 6.45) is 5.82. The molecule has 132 valence electrons. The molecular weight excluding hydrogens is 340 g/mol. The van der Waals surface area contributed by atoms with Crippen LogP contribution in [-0.2, 0) is 6.61 Å². The Hall–Kier alpha value is -3.80. The topological polar surface area (TPSA) is 80.8 Å². The maximum absolute atomic E-state index is 10.7. The van der Waals surface area contributed by atoms with Crippen LogP contribution in [0.1, 0.15) is 16.1 Å². The van der Waals surface area contributed by atoms with Crippen LogP contribution in [-0.4, -0.2) is 26.5 Å². The molecule has 3 heterocycles. The second kappa shape index (κ2) is 7.61. The first kappa shape index (κ1) is 16.7. The summed E-state index contributed by atoms with van der Waals surface area (Å²) in [4.78, 5) is 19.2. The molecule has 0 saturated heterocycles. The number of ether oxygens (including phenoxy) is 1. The Kier molecular flexibility index (Phi) is 4.70. The molecule has 0 amide bonds. The lowest BCUT2D eigenvalue weighted by molar-refractivity contribution is 0.111. The molecule has 0 atom stereocenters. The SMILES string of the molecule is O=Cc1ccc(-c2cccc(COc3ccc(-c4ccn[nH]4)nc3)c2)cn1. The molecule has 4 aromatic rings. The second-order valence-corrected chi connectivity index (χ2v) is 5.93. The van der Waals surface area contributed by atoms with Crippen LogP contribution >= 0.6 is 0 Å². The summed E-state index contributed by atoms with van der Waals surface area (Å²) in [5.41, 5.74) is 5.10. The van der Waals surface area contributed by atoms with Gasteiger partial charge in [-0.05, 0) is 41.5 Å². The minimum atomic E-state index is 0.421. The number of aromatic amines is 1. The number of hydrogen-bond acceptors (Lipinski definition) is 5.